The summed E-state index contributed by atoms with van der Waals surface area (Å²) in [6, 6.07) is 129. The van der Waals surface area contributed by atoms with Crippen molar-refractivity contribution < 1.29 is 4.74 Å². The van der Waals surface area contributed by atoms with Crippen molar-refractivity contribution >= 4 is 136 Å². The van der Waals surface area contributed by atoms with E-state index in [4.69, 9.17) is 4.74 Å². The summed E-state index contributed by atoms with van der Waals surface area (Å²) in [7, 11) is 0. The van der Waals surface area contributed by atoms with Gasteiger partial charge in [0.05, 0.1) is 39.5 Å². The molecule has 0 fully saturated rings. The molecule has 0 saturated heterocycles. The lowest BCUT2D eigenvalue weighted by Crippen LogP contribution is -2.64. The van der Waals surface area contributed by atoms with Gasteiger partial charge in [0.2, 0.25) is 0 Å². The van der Waals surface area contributed by atoms with Crippen LogP contribution in [0.2, 0.25) is 0 Å². The van der Waals surface area contributed by atoms with E-state index in [0.717, 1.165) is 130 Å². The lowest BCUT2D eigenvalue weighted by atomic mass is 9.30. The van der Waals surface area contributed by atoms with Crippen molar-refractivity contribution in [1.82, 2.24) is 4.57 Å². The second-order valence-electron chi connectivity index (χ2n) is 30.8. The smallest absolute Gasteiger partial charge is 0.256 e. The van der Waals surface area contributed by atoms with Gasteiger partial charge in [0.25, 0.3) is 13.4 Å². The molecule has 0 atom stereocenters. The Labute approximate surface area is 621 Å². The maximum Gasteiger partial charge on any atom is 0.256 e. The molecule has 504 valence electrons. The lowest BCUT2D eigenvalue weighted by molar-refractivity contribution is 0.487. The second-order valence-corrected chi connectivity index (χ2v) is 30.8. The quantitative estimate of drug-likeness (QED) is 0.127. The zero-order valence-electron chi connectivity index (χ0n) is 60.2. The first-order chi connectivity index (χ1) is 51.9. The summed E-state index contributed by atoms with van der Waals surface area (Å²) in [5.41, 5.74) is 32.6. The van der Waals surface area contributed by atoms with Crippen molar-refractivity contribution in [3.8, 4) is 50.6 Å². The van der Waals surface area contributed by atoms with Crippen LogP contribution in [0.25, 0.3) is 60.9 Å². The second kappa shape index (κ2) is 24.4. The van der Waals surface area contributed by atoms with E-state index in [1.807, 2.05) is 0 Å². The highest BCUT2D eigenvalue weighted by molar-refractivity contribution is 7.02. The van der Waals surface area contributed by atoms with E-state index in [0.29, 0.717) is 0 Å². The summed E-state index contributed by atoms with van der Waals surface area (Å²) in [5.74, 6) is 1.66. The van der Waals surface area contributed by atoms with Gasteiger partial charge in [-0.1, -0.05) is 290 Å². The van der Waals surface area contributed by atoms with Crippen LogP contribution in [0.15, 0.2) is 346 Å². The molecule has 106 heavy (non-hydrogen) atoms. The molecule has 4 aliphatic heterocycles. The van der Waals surface area contributed by atoms with E-state index in [2.05, 4.69) is 411 Å². The Morgan fingerprint density at radius 3 is 1.31 bits per heavy atom. The Balaban J connectivity index is 0.919. The summed E-state index contributed by atoms with van der Waals surface area (Å²) in [6.07, 6.45) is 0. The highest BCUT2D eigenvalue weighted by atomic mass is 16.5. The molecule has 20 rings (SSSR count). The Morgan fingerprint density at radius 2 is 0.726 bits per heavy atom. The molecular formula is C98H75B2N5O. The lowest BCUT2D eigenvalue weighted by Gasteiger charge is -2.47. The van der Waals surface area contributed by atoms with Crippen LogP contribution in [-0.4, -0.2) is 18.0 Å². The molecule has 5 heterocycles. The van der Waals surface area contributed by atoms with E-state index in [9.17, 15) is 0 Å². The van der Waals surface area contributed by atoms with Crippen molar-refractivity contribution in [3.05, 3.63) is 357 Å². The zero-order valence-corrected chi connectivity index (χ0v) is 60.2. The minimum absolute atomic E-state index is 0.114. The van der Waals surface area contributed by atoms with Gasteiger partial charge in [0.15, 0.2) is 0 Å². The topological polar surface area (TPSA) is 27.1 Å². The fraction of sp³-hybridized carbons (Fsp3) is 0.0816. The van der Waals surface area contributed by atoms with Crippen LogP contribution in [0.3, 0.4) is 0 Å². The Hall–Kier alpha value is -12.8. The molecule has 0 saturated carbocycles. The summed E-state index contributed by atoms with van der Waals surface area (Å²) < 4.78 is 10.1. The summed E-state index contributed by atoms with van der Waals surface area (Å²) in [6.45, 7) is 13.5. The highest BCUT2D eigenvalue weighted by Gasteiger charge is 2.49. The Kier molecular flexibility index (Phi) is 14.5. The first kappa shape index (κ1) is 63.0. The fourth-order valence-corrected chi connectivity index (χ4v) is 17.6. The molecule has 8 heteroatoms. The number of aromatic nitrogens is 1. The van der Waals surface area contributed by atoms with Crippen LogP contribution >= 0.6 is 0 Å². The van der Waals surface area contributed by atoms with Crippen LogP contribution in [0.1, 0.15) is 52.7 Å². The van der Waals surface area contributed by atoms with Crippen LogP contribution in [0.4, 0.5) is 68.2 Å². The number of ether oxygens (including phenoxy) is 1. The number of rotatable bonds is 10. The summed E-state index contributed by atoms with van der Waals surface area (Å²) in [4.78, 5) is 10.2. The molecule has 0 bridgehead atoms. The number of hydrogen-bond donors (Lipinski definition) is 0. The van der Waals surface area contributed by atoms with E-state index in [-0.39, 0.29) is 24.3 Å². The van der Waals surface area contributed by atoms with Crippen molar-refractivity contribution in [2.45, 2.75) is 52.4 Å². The van der Waals surface area contributed by atoms with Gasteiger partial charge < -0.3 is 28.9 Å². The molecule has 0 N–H and O–H groups in total. The molecule has 6 nitrogen and oxygen atoms in total. The van der Waals surface area contributed by atoms with Gasteiger partial charge in [-0.2, -0.15) is 0 Å². The van der Waals surface area contributed by atoms with E-state index in [1.54, 1.807) is 0 Å². The highest BCUT2D eigenvalue weighted by Crippen LogP contribution is 2.53. The third-order valence-corrected chi connectivity index (χ3v) is 22.5. The SMILES string of the molecule is CC(C)(C)c1ccc2c3ccc(C(C)(C)C)cc3n(-c3cc4c5c(c3)N(c3ccccc3-c3ccccc3)c3ccccc3B5c3cc5c(cc3N4c3ccccc3)N(c3ccccc3-c3ccccc3)c3cc(N(c4ccccc4)c4ccccc4-c4ccccc4)cc4c3B5c3ccccc3O4)c2c1. The first-order valence-corrected chi connectivity index (χ1v) is 37.1. The Morgan fingerprint density at radius 1 is 0.283 bits per heavy atom. The van der Waals surface area contributed by atoms with Crippen LogP contribution < -0.4 is 57.1 Å². The number of hydrogen-bond acceptors (Lipinski definition) is 5. The average Bonchev–Trinajstić information content (AvgIpc) is 0.686. The number of benzene rings is 15. The van der Waals surface area contributed by atoms with Crippen molar-refractivity contribution in [3.63, 3.8) is 0 Å². The van der Waals surface area contributed by atoms with Gasteiger partial charge >= 0.3 is 0 Å². The van der Waals surface area contributed by atoms with Crippen molar-refractivity contribution in [2.75, 3.05) is 19.6 Å². The van der Waals surface area contributed by atoms with Gasteiger partial charge in [-0.25, -0.2) is 0 Å². The molecule has 0 aliphatic carbocycles. The van der Waals surface area contributed by atoms with Crippen LogP contribution in [0, 0.1) is 0 Å². The molecule has 0 amide bonds. The van der Waals surface area contributed by atoms with Crippen LogP contribution in [0.5, 0.6) is 11.5 Å². The predicted molar refractivity (Wildman–Crippen MR) is 449 cm³/mol. The molecule has 0 spiro atoms. The van der Waals surface area contributed by atoms with Gasteiger partial charge in [0, 0.05) is 79.0 Å². The minimum atomic E-state index is -0.251. The largest absolute Gasteiger partial charge is 0.458 e. The molecule has 4 aliphatic rings. The molecule has 1 aromatic heterocycles. The third kappa shape index (κ3) is 10.0. The monoisotopic (exact) mass is 1360 g/mol. The number of nitrogens with zero attached hydrogens (tertiary/aromatic N) is 5. The van der Waals surface area contributed by atoms with E-state index < -0.39 is 0 Å². The van der Waals surface area contributed by atoms with E-state index in [1.165, 1.54) is 54.8 Å². The van der Waals surface area contributed by atoms with E-state index >= 15 is 0 Å². The standard InChI is InChI=1S/C98H75B2N5O/c1-97(2,3)67-52-54-76-77-55-53-68(98(4,5)6)57-87(77)103(86(76)56-67)71-58-90-95-91(59-71)104(83-48-28-23-43-74(83)65-34-14-8-15-35-65)85-50-30-25-45-78(85)99(95)80-62-81-89(63-88(80)102(90)70-40-20-11-21-41-70)105(84-49-29-24-44-75(84)66-36-16-9-17-37-66)92-60-72(61-94-96(92)100(81)79-46-26-31-51-93(79)106-94)101(69-38-18-10-19-39-69)82-47-27-22-42-73(82)64-32-12-7-13-33-64/h7-63H,1-6H3. The van der Waals surface area contributed by atoms with Gasteiger partial charge in [-0.3, -0.25) is 0 Å². The fourth-order valence-electron chi connectivity index (χ4n) is 17.6. The molecule has 0 radical (unpaired) electrons. The maximum absolute atomic E-state index is 7.53. The number of fused-ring (bicyclic) bond motifs is 11. The molecular weight excluding hydrogens is 1280 g/mol. The zero-order chi connectivity index (χ0) is 71.1. The van der Waals surface area contributed by atoms with Crippen molar-refractivity contribution in [2.24, 2.45) is 0 Å². The average molecular weight is 1360 g/mol. The summed E-state index contributed by atoms with van der Waals surface area (Å²) >= 11 is 0. The number of para-hydroxylation sites is 7. The Bertz CT molecular complexity index is 6110. The van der Waals surface area contributed by atoms with Gasteiger partial charge in [-0.05, 0) is 162 Å². The van der Waals surface area contributed by atoms with Crippen molar-refractivity contribution in [1.29, 1.82) is 0 Å². The first-order valence-electron chi connectivity index (χ1n) is 37.1. The third-order valence-electron chi connectivity index (χ3n) is 22.5. The summed E-state index contributed by atoms with van der Waals surface area (Å²) in [5, 5.41) is 2.45. The normalized spacial score (nSPS) is 13.2. The predicted octanol–water partition coefficient (Wildman–Crippen LogP) is 22.3. The molecule has 15 aromatic carbocycles. The van der Waals surface area contributed by atoms with Crippen LogP contribution in [-0.2, 0) is 10.8 Å². The van der Waals surface area contributed by atoms with Gasteiger partial charge in [-0.15, -0.1) is 0 Å². The molecule has 0 unspecified atom stereocenters. The number of anilines is 12. The van der Waals surface area contributed by atoms with Gasteiger partial charge in [0.1, 0.15) is 11.5 Å². The molecule has 16 aromatic rings. The minimum Gasteiger partial charge on any atom is -0.458 e. The maximum atomic E-state index is 7.53.